The normalized spacial score (nSPS) is 33.1. The number of fused-ring (bicyclic) bond motifs is 1. The summed E-state index contributed by atoms with van der Waals surface area (Å²) in [6, 6.07) is 0.417. The minimum Gasteiger partial charge on any atom is -0.464 e. The largest absolute Gasteiger partial charge is 0.464 e. The van der Waals surface area contributed by atoms with Crippen LogP contribution in [-0.4, -0.2) is 57.7 Å². The third kappa shape index (κ3) is 5.05. The molecule has 0 aromatic carbocycles. The van der Waals surface area contributed by atoms with E-state index in [9.17, 15) is 19.3 Å². The molecule has 3 rings (SSSR count). The number of nitrogen functional groups attached to an aromatic ring is 1. The van der Waals surface area contributed by atoms with Gasteiger partial charge in [-0.2, -0.15) is 4.98 Å². The molecule has 2 fully saturated rings. The second-order valence-electron chi connectivity index (χ2n) is 8.28. The van der Waals surface area contributed by atoms with Crippen LogP contribution in [0, 0.1) is 5.92 Å². The number of nitrogens with two attached hydrogens (primary N) is 1. The van der Waals surface area contributed by atoms with Crippen LogP contribution in [0.3, 0.4) is 0 Å². The van der Waals surface area contributed by atoms with Crippen LogP contribution in [0.2, 0.25) is 0 Å². The van der Waals surface area contributed by atoms with Crippen molar-refractivity contribution in [2.45, 2.75) is 70.6 Å². The SMILES string of the molecule is CCC(CC)COC(=O)[C@H](C)NP1(=O)OC[C@H]2O[C@@H](n3ccc(N)nc3=O)[C@](C)(O)[C@@H]2O1. The Morgan fingerprint density at radius 1 is 1.50 bits per heavy atom. The molecule has 0 saturated carbocycles. The number of carbonyl (C=O) groups is 1. The van der Waals surface area contributed by atoms with E-state index in [1.54, 1.807) is 0 Å². The molecule has 1 aromatic heterocycles. The summed E-state index contributed by atoms with van der Waals surface area (Å²) in [7, 11) is -3.99. The molecular formula is C19H31N4O8P. The highest BCUT2D eigenvalue weighted by molar-refractivity contribution is 7.51. The number of ether oxygens (including phenoxy) is 2. The van der Waals surface area contributed by atoms with E-state index in [1.165, 1.54) is 26.1 Å². The van der Waals surface area contributed by atoms with E-state index in [0.717, 1.165) is 17.4 Å². The van der Waals surface area contributed by atoms with Crippen LogP contribution in [0.15, 0.2) is 17.1 Å². The van der Waals surface area contributed by atoms with E-state index in [4.69, 9.17) is 24.3 Å². The first-order chi connectivity index (χ1) is 15.0. The molecule has 180 valence electrons. The van der Waals surface area contributed by atoms with Gasteiger partial charge in [0.15, 0.2) is 6.23 Å². The number of esters is 1. The quantitative estimate of drug-likeness (QED) is 0.363. The lowest BCUT2D eigenvalue weighted by molar-refractivity contribution is -0.147. The third-order valence-electron chi connectivity index (χ3n) is 5.80. The Hall–Kier alpha value is -1.82. The highest BCUT2D eigenvalue weighted by Crippen LogP contribution is 2.55. The Kier molecular flexibility index (Phi) is 7.43. The summed E-state index contributed by atoms with van der Waals surface area (Å²) in [5.74, 6) is -0.313. The Morgan fingerprint density at radius 2 is 2.19 bits per heavy atom. The van der Waals surface area contributed by atoms with E-state index in [2.05, 4.69) is 10.1 Å². The molecule has 2 aliphatic rings. The maximum atomic E-state index is 13.2. The average Bonchev–Trinajstić information content (AvgIpc) is 2.98. The Morgan fingerprint density at radius 3 is 2.81 bits per heavy atom. The first-order valence-electron chi connectivity index (χ1n) is 10.6. The highest BCUT2D eigenvalue weighted by Gasteiger charge is 2.60. The van der Waals surface area contributed by atoms with Crippen molar-refractivity contribution in [2.24, 2.45) is 5.92 Å². The summed E-state index contributed by atoms with van der Waals surface area (Å²) < 4.78 is 36.2. The lowest BCUT2D eigenvalue weighted by Gasteiger charge is -2.36. The molecule has 0 bridgehead atoms. The lowest BCUT2D eigenvalue weighted by atomic mass is 9.96. The summed E-state index contributed by atoms with van der Waals surface area (Å²) >= 11 is 0. The fourth-order valence-corrected chi connectivity index (χ4v) is 5.47. The van der Waals surface area contributed by atoms with Crippen LogP contribution in [-0.2, 0) is 27.9 Å². The molecule has 12 nitrogen and oxygen atoms in total. The van der Waals surface area contributed by atoms with Crippen molar-refractivity contribution in [3.63, 3.8) is 0 Å². The highest BCUT2D eigenvalue weighted by atomic mass is 31.2. The number of carbonyl (C=O) groups excluding carboxylic acids is 1. The first-order valence-corrected chi connectivity index (χ1v) is 12.1. The summed E-state index contributed by atoms with van der Waals surface area (Å²) in [6.45, 7) is 6.99. The van der Waals surface area contributed by atoms with Crippen molar-refractivity contribution in [2.75, 3.05) is 18.9 Å². The fourth-order valence-electron chi connectivity index (χ4n) is 3.70. The number of nitrogens with zero attached hydrogens (tertiary/aromatic N) is 2. The molecule has 32 heavy (non-hydrogen) atoms. The number of hydrogen-bond acceptors (Lipinski definition) is 10. The number of nitrogens with one attached hydrogen (secondary N) is 1. The van der Waals surface area contributed by atoms with Crippen molar-refractivity contribution in [1.29, 1.82) is 0 Å². The van der Waals surface area contributed by atoms with Gasteiger partial charge in [-0.1, -0.05) is 26.7 Å². The Balaban J connectivity index is 1.69. The summed E-state index contributed by atoms with van der Waals surface area (Å²) in [4.78, 5) is 28.2. The number of aliphatic hydroxyl groups is 1. The van der Waals surface area contributed by atoms with Gasteiger partial charge in [0.25, 0.3) is 0 Å². The van der Waals surface area contributed by atoms with E-state index >= 15 is 0 Å². The van der Waals surface area contributed by atoms with Gasteiger partial charge in [0, 0.05) is 6.20 Å². The van der Waals surface area contributed by atoms with Crippen LogP contribution in [0.1, 0.15) is 46.8 Å². The molecule has 2 aliphatic heterocycles. The summed E-state index contributed by atoms with van der Waals surface area (Å²) in [5.41, 5.74) is 3.04. The van der Waals surface area contributed by atoms with Crippen molar-refractivity contribution in [3.05, 3.63) is 22.7 Å². The van der Waals surface area contributed by atoms with Gasteiger partial charge in [-0.25, -0.2) is 14.4 Å². The Labute approximate surface area is 186 Å². The van der Waals surface area contributed by atoms with Crippen LogP contribution in [0.5, 0.6) is 0 Å². The molecule has 0 spiro atoms. The van der Waals surface area contributed by atoms with Gasteiger partial charge < -0.3 is 20.3 Å². The molecule has 6 atom stereocenters. The predicted molar refractivity (Wildman–Crippen MR) is 114 cm³/mol. The van der Waals surface area contributed by atoms with Gasteiger partial charge in [-0.3, -0.25) is 18.4 Å². The molecule has 3 heterocycles. The predicted octanol–water partition coefficient (Wildman–Crippen LogP) is 0.955. The summed E-state index contributed by atoms with van der Waals surface area (Å²) in [5, 5.41) is 13.7. The zero-order chi connectivity index (χ0) is 23.7. The molecule has 1 aromatic rings. The van der Waals surface area contributed by atoms with Gasteiger partial charge in [-0.05, 0) is 25.8 Å². The third-order valence-corrected chi connectivity index (χ3v) is 7.50. The zero-order valence-corrected chi connectivity index (χ0v) is 19.5. The molecule has 4 N–H and O–H groups in total. The van der Waals surface area contributed by atoms with E-state index < -0.39 is 49.5 Å². The minimum atomic E-state index is -3.99. The van der Waals surface area contributed by atoms with Gasteiger partial charge in [0.2, 0.25) is 0 Å². The molecule has 0 radical (unpaired) electrons. The molecular weight excluding hydrogens is 443 g/mol. The van der Waals surface area contributed by atoms with Crippen molar-refractivity contribution < 1.29 is 33.0 Å². The van der Waals surface area contributed by atoms with Crippen molar-refractivity contribution in [3.8, 4) is 0 Å². The zero-order valence-electron chi connectivity index (χ0n) is 18.6. The monoisotopic (exact) mass is 474 g/mol. The first kappa shape index (κ1) is 24.8. The smallest absolute Gasteiger partial charge is 0.406 e. The van der Waals surface area contributed by atoms with Crippen LogP contribution in [0.4, 0.5) is 5.82 Å². The maximum absolute atomic E-state index is 13.2. The molecule has 2 saturated heterocycles. The van der Waals surface area contributed by atoms with Crippen LogP contribution in [0.25, 0.3) is 0 Å². The lowest BCUT2D eigenvalue weighted by Crippen LogP contribution is -2.50. The number of hydrogen-bond donors (Lipinski definition) is 3. The average molecular weight is 474 g/mol. The standard InChI is InChI=1S/C19H31N4O8P/c1-5-12(6-2)9-28-16(24)11(3)22-32(27)29-10-13-15(31-32)19(4,26)17(30-13)23-8-7-14(20)21-18(23)25/h7-8,11-13,15,17,26H,5-6,9-10H2,1-4H3,(H,22,27)(H2,20,21,25)/t11-,13+,15+,17+,19+,32?/m0/s1. The van der Waals surface area contributed by atoms with E-state index in [0.29, 0.717) is 0 Å². The molecule has 13 heteroatoms. The second-order valence-corrected chi connectivity index (χ2v) is 10.00. The summed E-state index contributed by atoms with van der Waals surface area (Å²) in [6.07, 6.45) is 0.0235. The van der Waals surface area contributed by atoms with Crippen molar-refractivity contribution in [1.82, 2.24) is 14.6 Å². The minimum absolute atomic E-state index is 0.0275. The van der Waals surface area contributed by atoms with Crippen LogP contribution < -0.4 is 16.5 Å². The van der Waals surface area contributed by atoms with Gasteiger partial charge >= 0.3 is 19.4 Å². The van der Waals surface area contributed by atoms with E-state index in [1.807, 2.05) is 13.8 Å². The fraction of sp³-hybridized carbons (Fsp3) is 0.737. The second kappa shape index (κ2) is 9.58. The molecule has 1 unspecified atom stereocenters. The number of aromatic nitrogens is 2. The number of rotatable bonds is 8. The Bertz CT molecular complexity index is 934. The topological polar surface area (TPSA) is 164 Å². The van der Waals surface area contributed by atoms with Crippen molar-refractivity contribution >= 4 is 19.5 Å². The van der Waals surface area contributed by atoms with Gasteiger partial charge in [-0.15, -0.1) is 0 Å². The number of anilines is 1. The van der Waals surface area contributed by atoms with Crippen LogP contribution >= 0.6 is 7.75 Å². The maximum Gasteiger partial charge on any atom is 0.406 e. The van der Waals surface area contributed by atoms with Gasteiger partial charge in [0.1, 0.15) is 29.7 Å². The van der Waals surface area contributed by atoms with E-state index in [-0.39, 0.29) is 24.9 Å². The molecule has 0 amide bonds. The molecule has 0 aliphatic carbocycles. The van der Waals surface area contributed by atoms with Gasteiger partial charge in [0.05, 0.1) is 13.2 Å².